The van der Waals surface area contributed by atoms with Crippen molar-refractivity contribution >= 4 is 28.9 Å². The van der Waals surface area contributed by atoms with E-state index < -0.39 is 0 Å². The van der Waals surface area contributed by atoms with Crippen LogP contribution in [0.3, 0.4) is 0 Å². The van der Waals surface area contributed by atoms with E-state index in [0.717, 1.165) is 29.6 Å². The van der Waals surface area contributed by atoms with Gasteiger partial charge in [0.2, 0.25) is 0 Å². The molecular formula is C17H18N2O3S. The number of hydrogen-bond donors (Lipinski definition) is 0. The van der Waals surface area contributed by atoms with E-state index in [0.29, 0.717) is 24.7 Å². The van der Waals surface area contributed by atoms with Crippen LogP contribution < -0.4 is 4.74 Å². The fraction of sp³-hybridized carbons (Fsp3) is 0.294. The zero-order valence-corrected chi connectivity index (χ0v) is 13.6. The van der Waals surface area contributed by atoms with E-state index in [4.69, 9.17) is 9.47 Å². The molecule has 1 fully saturated rings. The summed E-state index contributed by atoms with van der Waals surface area (Å²) < 4.78 is 11.0. The molecule has 23 heavy (non-hydrogen) atoms. The fourth-order valence-corrected chi connectivity index (χ4v) is 3.26. The summed E-state index contributed by atoms with van der Waals surface area (Å²) in [5.74, 6) is 0.531. The van der Waals surface area contributed by atoms with E-state index in [1.54, 1.807) is 6.08 Å². The molecule has 6 heteroatoms. The standard InChI is InChI=1S/C17H18N2O3S/c1-2-9-22-14-6-4-3-5-13(14)12-15-16(20)18-17(23-15)19-7-10-21-11-8-19/h2-6,12H,1,7-11H2/b15-12+. The first-order valence-corrected chi connectivity index (χ1v) is 8.27. The van der Waals surface area contributed by atoms with Crippen molar-refractivity contribution in [3.8, 4) is 5.75 Å². The van der Waals surface area contributed by atoms with Crippen LogP contribution in [0.5, 0.6) is 5.75 Å². The van der Waals surface area contributed by atoms with Gasteiger partial charge in [-0.15, -0.1) is 0 Å². The summed E-state index contributed by atoms with van der Waals surface area (Å²) >= 11 is 1.41. The molecule has 0 N–H and O–H groups in total. The lowest BCUT2D eigenvalue weighted by molar-refractivity contribution is -0.113. The topological polar surface area (TPSA) is 51.1 Å². The van der Waals surface area contributed by atoms with E-state index in [1.165, 1.54) is 11.8 Å². The Bertz CT molecular complexity index is 664. The molecule has 3 rings (SSSR count). The number of nitrogens with zero attached hydrogens (tertiary/aromatic N) is 2. The van der Waals surface area contributed by atoms with Crippen LogP contribution in [0.25, 0.3) is 6.08 Å². The Labute approximate surface area is 139 Å². The molecule has 0 spiro atoms. The number of hydrogen-bond acceptors (Lipinski definition) is 5. The fourth-order valence-electron chi connectivity index (χ4n) is 2.31. The van der Waals surface area contributed by atoms with Crippen molar-refractivity contribution in [3.05, 3.63) is 47.4 Å². The number of ether oxygens (including phenoxy) is 2. The minimum absolute atomic E-state index is 0.199. The van der Waals surface area contributed by atoms with Gasteiger partial charge in [0.25, 0.3) is 5.91 Å². The molecule has 0 bridgehead atoms. The summed E-state index contributed by atoms with van der Waals surface area (Å²) in [5, 5.41) is 0.758. The number of aliphatic imine (C=N–C) groups is 1. The Morgan fingerprint density at radius 2 is 2.13 bits per heavy atom. The van der Waals surface area contributed by atoms with Gasteiger partial charge < -0.3 is 14.4 Å². The Kier molecular flexibility index (Phi) is 5.15. The normalized spacial score (nSPS) is 19.8. The van der Waals surface area contributed by atoms with Crippen molar-refractivity contribution in [1.82, 2.24) is 4.90 Å². The molecule has 0 unspecified atom stereocenters. The maximum Gasteiger partial charge on any atom is 0.286 e. The zero-order valence-electron chi connectivity index (χ0n) is 12.7. The zero-order chi connectivity index (χ0) is 16.1. The average molecular weight is 330 g/mol. The largest absolute Gasteiger partial charge is 0.489 e. The van der Waals surface area contributed by atoms with Crippen molar-refractivity contribution in [2.75, 3.05) is 32.9 Å². The second-order valence-electron chi connectivity index (χ2n) is 5.05. The first-order chi connectivity index (χ1) is 11.3. The van der Waals surface area contributed by atoms with Gasteiger partial charge in [0.05, 0.1) is 18.1 Å². The highest BCUT2D eigenvalue weighted by atomic mass is 32.2. The van der Waals surface area contributed by atoms with Crippen LogP contribution in [0.1, 0.15) is 5.56 Å². The van der Waals surface area contributed by atoms with Gasteiger partial charge in [-0.25, -0.2) is 0 Å². The van der Waals surface area contributed by atoms with Crippen LogP contribution in [0.2, 0.25) is 0 Å². The molecule has 1 aromatic rings. The summed E-state index contributed by atoms with van der Waals surface area (Å²) in [7, 11) is 0. The number of para-hydroxylation sites is 1. The molecule has 1 saturated heterocycles. The summed E-state index contributed by atoms with van der Waals surface area (Å²) in [6.07, 6.45) is 3.53. The highest BCUT2D eigenvalue weighted by Crippen LogP contribution is 2.32. The van der Waals surface area contributed by atoms with E-state index in [-0.39, 0.29) is 5.91 Å². The lowest BCUT2D eigenvalue weighted by Crippen LogP contribution is -2.38. The van der Waals surface area contributed by atoms with Crippen molar-refractivity contribution < 1.29 is 14.3 Å². The second kappa shape index (κ2) is 7.48. The van der Waals surface area contributed by atoms with Crippen LogP contribution >= 0.6 is 11.8 Å². The number of amidine groups is 1. The third-order valence-corrected chi connectivity index (χ3v) is 4.50. The number of rotatable bonds is 4. The Balaban J connectivity index is 1.76. The number of morpholine rings is 1. The average Bonchev–Trinajstić information content (AvgIpc) is 2.96. The SMILES string of the molecule is C=CCOc1ccccc1/C=C1/SC(N2CCOCC2)=NC1=O. The first kappa shape index (κ1) is 15.8. The second-order valence-corrected chi connectivity index (χ2v) is 6.06. The summed E-state index contributed by atoms with van der Waals surface area (Å²) in [6.45, 7) is 6.96. The van der Waals surface area contributed by atoms with Crippen LogP contribution in [0.15, 0.2) is 46.8 Å². The number of carbonyl (C=O) groups excluding carboxylic acids is 1. The van der Waals surface area contributed by atoms with E-state index in [9.17, 15) is 4.79 Å². The monoisotopic (exact) mass is 330 g/mol. The van der Waals surface area contributed by atoms with Gasteiger partial charge in [0, 0.05) is 18.7 Å². The maximum atomic E-state index is 12.2. The number of benzene rings is 1. The first-order valence-electron chi connectivity index (χ1n) is 7.46. The third kappa shape index (κ3) is 3.83. The molecule has 1 amide bonds. The van der Waals surface area contributed by atoms with Crippen molar-refractivity contribution in [2.45, 2.75) is 0 Å². The molecule has 0 aliphatic carbocycles. The lowest BCUT2D eigenvalue weighted by Gasteiger charge is -2.27. The van der Waals surface area contributed by atoms with Crippen LogP contribution in [-0.4, -0.2) is 48.9 Å². The predicted molar refractivity (Wildman–Crippen MR) is 92.5 cm³/mol. The maximum absolute atomic E-state index is 12.2. The van der Waals surface area contributed by atoms with Crippen LogP contribution in [0.4, 0.5) is 0 Å². The van der Waals surface area contributed by atoms with Crippen molar-refractivity contribution in [2.24, 2.45) is 4.99 Å². The molecule has 0 saturated carbocycles. The molecule has 1 aromatic carbocycles. The molecule has 5 nitrogen and oxygen atoms in total. The Hall–Kier alpha value is -2.05. The van der Waals surface area contributed by atoms with Crippen molar-refractivity contribution in [1.29, 1.82) is 0 Å². The molecule has 2 aliphatic rings. The predicted octanol–water partition coefficient (Wildman–Crippen LogP) is 2.55. The molecular weight excluding hydrogens is 312 g/mol. The van der Waals surface area contributed by atoms with Gasteiger partial charge in [-0.2, -0.15) is 4.99 Å². The van der Waals surface area contributed by atoms with E-state index >= 15 is 0 Å². The number of amides is 1. The van der Waals surface area contributed by atoms with Gasteiger partial charge in [0.15, 0.2) is 5.17 Å². The van der Waals surface area contributed by atoms with Crippen molar-refractivity contribution in [3.63, 3.8) is 0 Å². The summed E-state index contributed by atoms with van der Waals surface area (Å²) in [6, 6.07) is 7.62. The summed E-state index contributed by atoms with van der Waals surface area (Å²) in [5.41, 5.74) is 0.864. The molecule has 0 atom stereocenters. The molecule has 2 aliphatic heterocycles. The van der Waals surface area contributed by atoms with Gasteiger partial charge in [-0.1, -0.05) is 30.9 Å². The summed E-state index contributed by atoms with van der Waals surface area (Å²) in [4.78, 5) is 19.0. The molecule has 120 valence electrons. The van der Waals surface area contributed by atoms with Gasteiger partial charge in [0.1, 0.15) is 12.4 Å². The van der Waals surface area contributed by atoms with E-state index in [1.807, 2.05) is 30.3 Å². The number of thioether (sulfide) groups is 1. The van der Waals surface area contributed by atoms with Crippen LogP contribution in [0, 0.1) is 0 Å². The number of carbonyl (C=O) groups is 1. The van der Waals surface area contributed by atoms with Gasteiger partial charge in [-0.05, 0) is 23.9 Å². The quantitative estimate of drug-likeness (QED) is 0.627. The van der Waals surface area contributed by atoms with Gasteiger partial charge in [-0.3, -0.25) is 4.79 Å². The lowest BCUT2D eigenvalue weighted by atomic mass is 10.2. The highest BCUT2D eigenvalue weighted by molar-refractivity contribution is 8.18. The Morgan fingerprint density at radius 3 is 2.91 bits per heavy atom. The molecule has 0 radical (unpaired) electrons. The smallest absolute Gasteiger partial charge is 0.286 e. The van der Waals surface area contributed by atoms with E-state index in [2.05, 4.69) is 16.5 Å². The van der Waals surface area contributed by atoms with Gasteiger partial charge >= 0.3 is 0 Å². The molecule has 0 aromatic heterocycles. The minimum atomic E-state index is -0.199. The highest BCUT2D eigenvalue weighted by Gasteiger charge is 2.27. The Morgan fingerprint density at radius 1 is 1.35 bits per heavy atom. The molecule has 2 heterocycles. The minimum Gasteiger partial charge on any atom is -0.489 e. The third-order valence-electron chi connectivity index (χ3n) is 3.45. The van der Waals surface area contributed by atoms with Crippen LogP contribution in [-0.2, 0) is 9.53 Å².